The summed E-state index contributed by atoms with van der Waals surface area (Å²) in [6, 6.07) is -1.04. The fraction of sp³-hybridized carbons (Fsp3) is 0.526. The van der Waals surface area contributed by atoms with Gasteiger partial charge in [-0.1, -0.05) is 12.7 Å². The molecule has 28 heavy (non-hydrogen) atoms. The summed E-state index contributed by atoms with van der Waals surface area (Å²) < 4.78 is 22.4. The van der Waals surface area contributed by atoms with Crippen LogP contribution in [0.1, 0.15) is 38.0 Å². The van der Waals surface area contributed by atoms with Gasteiger partial charge in [0.1, 0.15) is 24.1 Å². The largest absolute Gasteiger partial charge is 0.489 e. The molecule has 0 saturated carbocycles. The van der Waals surface area contributed by atoms with E-state index < -0.39 is 30.4 Å². The third kappa shape index (κ3) is 4.89. The SMILES string of the molecule is C=CCOc1c(C)c2c(c(Br)c1[C@H](O)[C@@H](CO)NC(=O)OC(C)(C)C)OCO2. The number of carbonyl (C=O) groups excluding carboxylic acids is 1. The van der Waals surface area contributed by atoms with Crippen LogP contribution in [0.25, 0.3) is 0 Å². The summed E-state index contributed by atoms with van der Waals surface area (Å²) in [6.07, 6.45) is -0.510. The van der Waals surface area contributed by atoms with Gasteiger partial charge in [0.25, 0.3) is 0 Å². The van der Waals surface area contributed by atoms with Gasteiger partial charge >= 0.3 is 6.09 Å². The number of benzene rings is 1. The second kappa shape index (κ2) is 9.02. The molecular weight excluding hydrogens is 434 g/mol. The van der Waals surface area contributed by atoms with E-state index in [4.69, 9.17) is 18.9 Å². The lowest BCUT2D eigenvalue weighted by Gasteiger charge is -2.28. The van der Waals surface area contributed by atoms with E-state index in [9.17, 15) is 15.0 Å². The number of aliphatic hydroxyl groups is 2. The van der Waals surface area contributed by atoms with Crippen molar-refractivity contribution in [2.75, 3.05) is 20.0 Å². The molecule has 1 heterocycles. The van der Waals surface area contributed by atoms with Gasteiger partial charge < -0.3 is 34.5 Å². The van der Waals surface area contributed by atoms with Crippen molar-refractivity contribution in [2.24, 2.45) is 0 Å². The molecule has 0 radical (unpaired) electrons. The Morgan fingerprint density at radius 1 is 1.39 bits per heavy atom. The Morgan fingerprint density at radius 3 is 2.61 bits per heavy atom. The molecule has 1 aromatic carbocycles. The number of ether oxygens (including phenoxy) is 4. The van der Waals surface area contributed by atoms with Gasteiger partial charge in [-0.15, -0.1) is 0 Å². The average molecular weight is 460 g/mol. The van der Waals surface area contributed by atoms with Crippen LogP contribution in [0.15, 0.2) is 17.1 Å². The molecule has 156 valence electrons. The zero-order valence-electron chi connectivity index (χ0n) is 16.4. The maximum Gasteiger partial charge on any atom is 0.408 e. The zero-order chi connectivity index (χ0) is 21.1. The molecular formula is C19H26BrNO7. The topological polar surface area (TPSA) is 106 Å². The molecule has 2 rings (SSSR count). The third-order valence-corrected chi connectivity index (χ3v) is 4.68. The van der Waals surface area contributed by atoms with Crippen molar-refractivity contribution in [2.45, 2.75) is 45.4 Å². The summed E-state index contributed by atoms with van der Waals surface area (Å²) in [4.78, 5) is 12.1. The van der Waals surface area contributed by atoms with Crippen molar-refractivity contribution >= 4 is 22.0 Å². The van der Waals surface area contributed by atoms with Gasteiger partial charge in [-0.05, 0) is 43.6 Å². The number of rotatable bonds is 7. The van der Waals surface area contributed by atoms with E-state index >= 15 is 0 Å². The summed E-state index contributed by atoms with van der Waals surface area (Å²) >= 11 is 3.43. The van der Waals surface area contributed by atoms with Crippen LogP contribution >= 0.6 is 15.9 Å². The molecule has 2 atom stereocenters. The lowest BCUT2D eigenvalue weighted by Crippen LogP contribution is -2.44. The van der Waals surface area contributed by atoms with Gasteiger partial charge in [-0.2, -0.15) is 0 Å². The Bertz CT molecular complexity index is 745. The highest BCUT2D eigenvalue weighted by Crippen LogP contribution is 2.51. The number of hydrogen-bond acceptors (Lipinski definition) is 7. The molecule has 0 saturated heterocycles. The summed E-state index contributed by atoms with van der Waals surface area (Å²) in [5.41, 5.74) is 0.225. The Morgan fingerprint density at radius 2 is 2.04 bits per heavy atom. The van der Waals surface area contributed by atoms with Crippen LogP contribution in [0.3, 0.4) is 0 Å². The molecule has 8 nitrogen and oxygen atoms in total. The number of aliphatic hydroxyl groups excluding tert-OH is 2. The highest BCUT2D eigenvalue weighted by molar-refractivity contribution is 9.10. The molecule has 0 bridgehead atoms. The first-order chi connectivity index (χ1) is 13.1. The predicted octanol–water partition coefficient (Wildman–Crippen LogP) is 2.97. The molecule has 0 spiro atoms. The van der Waals surface area contributed by atoms with Gasteiger partial charge in [0.15, 0.2) is 11.5 Å². The fourth-order valence-electron chi connectivity index (χ4n) is 2.72. The monoisotopic (exact) mass is 459 g/mol. The molecule has 1 aromatic rings. The van der Waals surface area contributed by atoms with E-state index in [0.717, 1.165) is 0 Å². The minimum absolute atomic E-state index is 0.0365. The minimum Gasteiger partial charge on any atom is -0.489 e. The van der Waals surface area contributed by atoms with E-state index in [1.165, 1.54) is 0 Å². The first kappa shape index (κ1) is 22.3. The summed E-state index contributed by atoms with van der Waals surface area (Å²) in [5.74, 6) is 1.28. The highest BCUT2D eigenvalue weighted by atomic mass is 79.9. The van der Waals surface area contributed by atoms with Gasteiger partial charge in [0, 0.05) is 11.1 Å². The van der Waals surface area contributed by atoms with Crippen LogP contribution in [0.4, 0.5) is 4.79 Å². The Hall–Kier alpha value is -1.97. The maximum absolute atomic E-state index is 12.1. The first-order valence-electron chi connectivity index (χ1n) is 8.74. The molecule has 3 N–H and O–H groups in total. The van der Waals surface area contributed by atoms with Crippen molar-refractivity contribution in [3.05, 3.63) is 28.3 Å². The van der Waals surface area contributed by atoms with E-state index in [1.54, 1.807) is 33.8 Å². The molecule has 0 aromatic heterocycles. The van der Waals surface area contributed by atoms with E-state index in [1.807, 2.05) is 0 Å². The lowest BCUT2D eigenvalue weighted by atomic mass is 9.98. The lowest BCUT2D eigenvalue weighted by molar-refractivity contribution is 0.0343. The number of fused-ring (bicyclic) bond motifs is 1. The number of nitrogens with one attached hydrogen (secondary N) is 1. The van der Waals surface area contributed by atoms with Gasteiger partial charge in [-0.3, -0.25) is 0 Å². The Kier molecular flexibility index (Phi) is 7.19. The van der Waals surface area contributed by atoms with Crippen molar-refractivity contribution in [1.82, 2.24) is 5.32 Å². The van der Waals surface area contributed by atoms with Crippen molar-refractivity contribution < 1.29 is 34.0 Å². The molecule has 9 heteroatoms. The normalized spacial score (nSPS) is 15.0. The van der Waals surface area contributed by atoms with Crippen LogP contribution in [0, 0.1) is 6.92 Å². The quantitative estimate of drug-likeness (QED) is 0.538. The van der Waals surface area contributed by atoms with Crippen LogP contribution in [0.2, 0.25) is 0 Å². The number of carbonyl (C=O) groups is 1. The van der Waals surface area contributed by atoms with Crippen LogP contribution < -0.4 is 19.5 Å². The summed E-state index contributed by atoms with van der Waals surface area (Å²) in [6.45, 7) is 10.3. The van der Waals surface area contributed by atoms with E-state index in [2.05, 4.69) is 27.8 Å². The van der Waals surface area contributed by atoms with Gasteiger partial charge in [0.2, 0.25) is 6.79 Å². The smallest absolute Gasteiger partial charge is 0.408 e. The second-order valence-electron chi connectivity index (χ2n) is 7.23. The van der Waals surface area contributed by atoms with E-state index in [0.29, 0.717) is 32.8 Å². The van der Waals surface area contributed by atoms with E-state index in [-0.39, 0.29) is 13.4 Å². The molecule has 0 fully saturated rings. The molecule has 0 unspecified atom stereocenters. The molecule has 0 aliphatic carbocycles. The second-order valence-corrected chi connectivity index (χ2v) is 8.02. The average Bonchev–Trinajstić information content (AvgIpc) is 3.09. The number of amides is 1. The van der Waals surface area contributed by atoms with Gasteiger partial charge in [-0.25, -0.2) is 4.79 Å². The minimum atomic E-state index is -1.32. The standard InChI is InChI=1S/C19H26BrNO7/c1-6-7-25-15-10(2)16-17(27-9-26-16)13(20)12(15)14(23)11(8-22)21-18(24)28-19(3,4)5/h6,11,14,22-23H,1,7-9H2,2-5H3,(H,21,24)/t11-,14-/m1/s1. The summed E-state index contributed by atoms with van der Waals surface area (Å²) in [7, 11) is 0. The van der Waals surface area contributed by atoms with Crippen molar-refractivity contribution in [3.8, 4) is 17.2 Å². The summed E-state index contributed by atoms with van der Waals surface area (Å²) in [5, 5.41) is 23.2. The van der Waals surface area contributed by atoms with Crippen LogP contribution in [-0.2, 0) is 4.74 Å². The molecule has 1 aliphatic rings. The van der Waals surface area contributed by atoms with Crippen LogP contribution in [-0.4, -0.2) is 48.0 Å². The van der Waals surface area contributed by atoms with Crippen molar-refractivity contribution in [3.63, 3.8) is 0 Å². The van der Waals surface area contributed by atoms with Crippen molar-refractivity contribution in [1.29, 1.82) is 0 Å². The fourth-order valence-corrected chi connectivity index (χ4v) is 3.43. The first-order valence-corrected chi connectivity index (χ1v) is 9.53. The van der Waals surface area contributed by atoms with Gasteiger partial charge in [0.05, 0.1) is 17.1 Å². The number of alkyl carbamates (subject to hydrolysis) is 1. The highest BCUT2D eigenvalue weighted by Gasteiger charge is 2.35. The molecule has 1 amide bonds. The third-order valence-electron chi connectivity index (χ3n) is 3.90. The number of halogens is 1. The predicted molar refractivity (Wildman–Crippen MR) is 106 cm³/mol. The maximum atomic E-state index is 12.1. The van der Waals surface area contributed by atoms with Crippen LogP contribution in [0.5, 0.6) is 17.2 Å². The Balaban J connectivity index is 2.41. The zero-order valence-corrected chi connectivity index (χ0v) is 18.0. The number of hydrogen-bond donors (Lipinski definition) is 3. The Labute approximate surface area is 172 Å². The molecule has 1 aliphatic heterocycles.